The summed E-state index contributed by atoms with van der Waals surface area (Å²) < 4.78 is 19.2. The number of hydrogen-bond acceptors (Lipinski definition) is 8. The number of pyridine rings is 1. The second-order valence-corrected chi connectivity index (χ2v) is 7.40. The van der Waals surface area contributed by atoms with E-state index in [1.807, 2.05) is 19.9 Å². The van der Waals surface area contributed by atoms with Crippen LogP contribution < -0.4 is 22.1 Å². The van der Waals surface area contributed by atoms with Crippen LogP contribution in [0.4, 0.5) is 10.2 Å². The first-order valence-corrected chi connectivity index (χ1v) is 9.55. The van der Waals surface area contributed by atoms with Crippen LogP contribution in [0.15, 0.2) is 28.2 Å². The summed E-state index contributed by atoms with van der Waals surface area (Å²) in [6.45, 7) is 6.95. The summed E-state index contributed by atoms with van der Waals surface area (Å²) in [5.41, 5.74) is 13.0. The predicted octanol–water partition coefficient (Wildman–Crippen LogP) is 2.18. The highest BCUT2D eigenvalue weighted by molar-refractivity contribution is 5.96. The lowest BCUT2D eigenvalue weighted by Gasteiger charge is -2.36. The van der Waals surface area contributed by atoms with Crippen molar-refractivity contribution in [3.8, 4) is 0 Å². The average Bonchev–Trinajstić information content (AvgIpc) is 2.66. The van der Waals surface area contributed by atoms with E-state index in [0.29, 0.717) is 30.0 Å². The van der Waals surface area contributed by atoms with E-state index >= 15 is 0 Å². The van der Waals surface area contributed by atoms with Crippen molar-refractivity contribution in [2.24, 2.45) is 21.5 Å². The number of benzene rings is 1. The fraction of sp³-hybridized carbons (Fsp3) is 0.450. The van der Waals surface area contributed by atoms with Crippen molar-refractivity contribution in [2.45, 2.75) is 38.8 Å². The fourth-order valence-corrected chi connectivity index (χ4v) is 3.48. The highest BCUT2D eigenvalue weighted by Gasteiger charge is 2.36. The maximum absolute atomic E-state index is 14.1. The van der Waals surface area contributed by atoms with Crippen LogP contribution in [0.25, 0.3) is 10.9 Å². The van der Waals surface area contributed by atoms with E-state index < -0.39 is 5.66 Å². The Labute approximate surface area is 169 Å². The molecule has 0 bridgehead atoms. The quantitative estimate of drug-likeness (QED) is 0.528. The van der Waals surface area contributed by atoms with Crippen molar-refractivity contribution < 1.29 is 9.13 Å². The number of rotatable bonds is 7. The molecule has 2 atom stereocenters. The van der Waals surface area contributed by atoms with Gasteiger partial charge >= 0.3 is 0 Å². The van der Waals surface area contributed by atoms with Crippen LogP contribution >= 0.6 is 0 Å². The molecular formula is C20H28FN7O. The van der Waals surface area contributed by atoms with E-state index in [4.69, 9.17) is 21.2 Å². The molecule has 0 aliphatic carbocycles. The van der Waals surface area contributed by atoms with Gasteiger partial charge in [-0.3, -0.25) is 0 Å². The van der Waals surface area contributed by atoms with Gasteiger partial charge in [-0.1, -0.05) is 6.92 Å². The lowest BCUT2D eigenvalue weighted by Crippen LogP contribution is -2.55. The first-order chi connectivity index (χ1) is 13.7. The molecule has 29 heavy (non-hydrogen) atoms. The fourth-order valence-electron chi connectivity index (χ4n) is 3.48. The smallest absolute Gasteiger partial charge is 0.220 e. The van der Waals surface area contributed by atoms with Crippen LogP contribution in [0.2, 0.25) is 0 Å². The minimum absolute atomic E-state index is 0.122. The van der Waals surface area contributed by atoms with Crippen LogP contribution in [0, 0.1) is 12.7 Å². The highest BCUT2D eigenvalue weighted by Crippen LogP contribution is 2.36. The number of ether oxygens (including phenoxy) is 1. The second kappa shape index (κ2) is 8.20. The van der Waals surface area contributed by atoms with Crippen molar-refractivity contribution in [3.63, 3.8) is 0 Å². The number of aliphatic imine (C=N–C) groups is 2. The minimum Gasteiger partial charge on any atom is -0.385 e. The van der Waals surface area contributed by atoms with E-state index in [2.05, 4.69) is 20.6 Å². The topological polar surface area (TPSA) is 123 Å². The maximum atomic E-state index is 14.1. The number of nitrogens with two attached hydrogens (primary N) is 2. The Bertz CT molecular complexity index is 975. The molecule has 156 valence electrons. The number of anilines is 1. The van der Waals surface area contributed by atoms with E-state index in [-0.39, 0.29) is 23.7 Å². The molecule has 0 saturated carbocycles. The summed E-state index contributed by atoms with van der Waals surface area (Å²) in [6, 6.07) is 5.21. The number of methoxy groups -OCH3 is 1. The monoisotopic (exact) mass is 401 g/mol. The van der Waals surface area contributed by atoms with Gasteiger partial charge in [-0.25, -0.2) is 14.4 Å². The summed E-state index contributed by atoms with van der Waals surface area (Å²) in [7, 11) is 1.66. The standard InChI is InChI=1S/C20H28FN7O/c1-11-15(21)7-6-13-10-14(17(25-16(11)13)24-8-5-9-29-4)12(2)20(3)27-18(22)26-19(23)28-20/h6-7,10,12H,5,8-9H2,1-4H3,(H,24,25)(H5,22,23,26,27,28). The van der Waals surface area contributed by atoms with Crippen LogP contribution in [0.3, 0.4) is 0 Å². The van der Waals surface area contributed by atoms with E-state index in [1.54, 1.807) is 20.1 Å². The van der Waals surface area contributed by atoms with Crippen molar-refractivity contribution in [1.82, 2.24) is 10.3 Å². The van der Waals surface area contributed by atoms with Crippen molar-refractivity contribution in [3.05, 3.63) is 35.1 Å². The molecule has 0 radical (unpaired) electrons. The first kappa shape index (κ1) is 20.8. The number of hydrogen-bond donors (Lipinski definition) is 4. The number of fused-ring (bicyclic) bond motifs is 1. The van der Waals surface area contributed by atoms with Gasteiger partial charge in [0.25, 0.3) is 0 Å². The Balaban J connectivity index is 2.06. The molecule has 0 saturated heterocycles. The molecule has 2 unspecified atom stereocenters. The molecule has 9 heteroatoms. The molecule has 1 aliphatic heterocycles. The Hall–Kier alpha value is -2.94. The van der Waals surface area contributed by atoms with Gasteiger partial charge in [0.05, 0.1) is 5.52 Å². The zero-order valence-corrected chi connectivity index (χ0v) is 17.2. The molecule has 0 spiro atoms. The van der Waals surface area contributed by atoms with Gasteiger partial charge < -0.3 is 26.8 Å². The Morgan fingerprint density at radius 2 is 2.10 bits per heavy atom. The van der Waals surface area contributed by atoms with Gasteiger partial charge in [-0.15, -0.1) is 0 Å². The van der Waals surface area contributed by atoms with Crippen molar-refractivity contribution in [2.75, 3.05) is 25.6 Å². The van der Waals surface area contributed by atoms with E-state index in [9.17, 15) is 4.39 Å². The predicted molar refractivity (Wildman–Crippen MR) is 115 cm³/mol. The maximum Gasteiger partial charge on any atom is 0.220 e. The van der Waals surface area contributed by atoms with Gasteiger partial charge in [0.1, 0.15) is 17.3 Å². The first-order valence-electron chi connectivity index (χ1n) is 9.55. The summed E-state index contributed by atoms with van der Waals surface area (Å²) in [4.78, 5) is 13.2. The zero-order valence-electron chi connectivity index (χ0n) is 17.2. The molecule has 6 N–H and O–H groups in total. The number of nitrogens with one attached hydrogen (secondary N) is 2. The molecule has 8 nitrogen and oxygen atoms in total. The molecule has 3 rings (SSSR count). The normalized spacial score (nSPS) is 20.0. The van der Waals surface area contributed by atoms with Gasteiger partial charge in [0.2, 0.25) is 5.96 Å². The molecule has 1 aromatic heterocycles. The van der Waals surface area contributed by atoms with Crippen LogP contribution in [-0.4, -0.2) is 42.8 Å². The number of aryl methyl sites for hydroxylation is 1. The van der Waals surface area contributed by atoms with Crippen molar-refractivity contribution in [1.29, 1.82) is 0 Å². The van der Waals surface area contributed by atoms with E-state index in [1.165, 1.54) is 6.07 Å². The molecule has 2 aromatic rings. The molecule has 0 fully saturated rings. The lowest BCUT2D eigenvalue weighted by molar-refractivity contribution is 0.197. The van der Waals surface area contributed by atoms with Crippen molar-refractivity contribution >= 4 is 28.6 Å². The Morgan fingerprint density at radius 3 is 2.79 bits per heavy atom. The molecule has 0 amide bonds. The van der Waals surface area contributed by atoms with Gasteiger partial charge in [-0.2, -0.15) is 4.99 Å². The number of aromatic nitrogens is 1. The largest absolute Gasteiger partial charge is 0.385 e. The summed E-state index contributed by atoms with van der Waals surface area (Å²) in [5, 5.41) is 7.34. The minimum atomic E-state index is -0.802. The number of halogens is 1. The van der Waals surface area contributed by atoms with Crippen LogP contribution in [0.5, 0.6) is 0 Å². The second-order valence-electron chi connectivity index (χ2n) is 7.40. The zero-order chi connectivity index (χ0) is 21.2. The molecule has 2 heterocycles. The van der Waals surface area contributed by atoms with Crippen LogP contribution in [0.1, 0.15) is 37.3 Å². The third kappa shape index (κ3) is 4.24. The van der Waals surface area contributed by atoms with Gasteiger partial charge in [0.15, 0.2) is 5.96 Å². The van der Waals surface area contributed by atoms with E-state index in [0.717, 1.165) is 17.4 Å². The number of nitrogens with zero attached hydrogens (tertiary/aromatic N) is 3. The number of guanidine groups is 2. The Morgan fingerprint density at radius 1 is 1.34 bits per heavy atom. The van der Waals surface area contributed by atoms with Gasteiger partial charge in [-0.05, 0) is 38.5 Å². The highest BCUT2D eigenvalue weighted by atomic mass is 19.1. The van der Waals surface area contributed by atoms with Gasteiger partial charge in [0, 0.05) is 42.7 Å². The third-order valence-corrected chi connectivity index (χ3v) is 5.29. The summed E-state index contributed by atoms with van der Waals surface area (Å²) in [6.07, 6.45) is 0.812. The molecule has 1 aliphatic rings. The molecule has 1 aromatic carbocycles. The Kier molecular flexibility index (Phi) is 5.88. The molecular weight excluding hydrogens is 373 g/mol. The third-order valence-electron chi connectivity index (χ3n) is 5.29. The lowest BCUT2D eigenvalue weighted by atomic mass is 9.88. The van der Waals surface area contributed by atoms with Crippen LogP contribution in [-0.2, 0) is 4.74 Å². The summed E-state index contributed by atoms with van der Waals surface area (Å²) >= 11 is 0. The SMILES string of the molecule is COCCCNc1nc2c(C)c(F)ccc2cc1C(C)C1(C)N=C(N)N=C(N)N1. The average molecular weight is 401 g/mol. The summed E-state index contributed by atoms with van der Waals surface area (Å²) in [5.74, 6) is 0.568.